The second-order valence-electron chi connectivity index (χ2n) is 2.89. The molecular formula is C8H11ClN4S2. The molecule has 7 heteroatoms. The van der Waals surface area contributed by atoms with Gasteiger partial charge < -0.3 is 10.2 Å². The lowest BCUT2D eigenvalue weighted by atomic mass is 10.6. The minimum atomic E-state index is 0.389. The largest absolute Gasteiger partial charge is 0.347 e. The molecule has 0 atom stereocenters. The van der Waals surface area contributed by atoms with Crippen LogP contribution in [-0.2, 0) is 0 Å². The molecule has 15 heavy (non-hydrogen) atoms. The molecule has 0 bridgehead atoms. The Bertz CT molecular complexity index is 370. The molecule has 0 amide bonds. The number of halogens is 1. The van der Waals surface area contributed by atoms with E-state index in [1.165, 1.54) is 11.8 Å². The maximum absolute atomic E-state index is 5.85. The minimum Gasteiger partial charge on any atom is -0.347 e. The van der Waals surface area contributed by atoms with Crippen molar-refractivity contribution in [3.8, 4) is 0 Å². The Balaban J connectivity index is 2.93. The van der Waals surface area contributed by atoms with E-state index in [0.717, 1.165) is 0 Å². The summed E-state index contributed by atoms with van der Waals surface area (Å²) in [6.45, 7) is 0. The zero-order valence-electron chi connectivity index (χ0n) is 8.61. The van der Waals surface area contributed by atoms with Crippen LogP contribution in [0.25, 0.3) is 0 Å². The number of aromatic nitrogens is 2. The van der Waals surface area contributed by atoms with E-state index in [0.29, 0.717) is 21.2 Å². The van der Waals surface area contributed by atoms with Crippen LogP contribution in [0.3, 0.4) is 0 Å². The molecule has 1 rings (SSSR count). The first-order chi connectivity index (χ1) is 7.02. The van der Waals surface area contributed by atoms with Gasteiger partial charge in [0.2, 0.25) is 5.95 Å². The quantitative estimate of drug-likeness (QED) is 0.651. The fourth-order valence-electron chi connectivity index (χ4n) is 0.825. The van der Waals surface area contributed by atoms with Crippen LogP contribution in [-0.4, -0.2) is 34.6 Å². The van der Waals surface area contributed by atoms with Crippen molar-refractivity contribution in [1.82, 2.24) is 9.97 Å². The highest BCUT2D eigenvalue weighted by molar-refractivity contribution is 8.22. The fourth-order valence-corrected chi connectivity index (χ4v) is 1.32. The number of anilines is 2. The van der Waals surface area contributed by atoms with Crippen molar-refractivity contribution < 1.29 is 0 Å². The third kappa shape index (κ3) is 3.81. The molecule has 0 aliphatic heterocycles. The Labute approximate surface area is 103 Å². The van der Waals surface area contributed by atoms with Gasteiger partial charge in [-0.05, 0) is 6.26 Å². The third-order valence-corrected chi connectivity index (χ3v) is 2.77. The van der Waals surface area contributed by atoms with E-state index in [-0.39, 0.29) is 0 Å². The van der Waals surface area contributed by atoms with Gasteiger partial charge in [-0.1, -0.05) is 23.8 Å². The van der Waals surface area contributed by atoms with Crippen LogP contribution in [0.2, 0.25) is 5.15 Å². The highest BCUT2D eigenvalue weighted by Gasteiger charge is 2.05. The molecular weight excluding hydrogens is 252 g/mol. The number of nitrogens with zero attached hydrogens (tertiary/aromatic N) is 3. The number of hydrogen-bond acceptors (Lipinski definition) is 5. The molecule has 0 unspecified atom stereocenters. The molecule has 1 heterocycles. The van der Waals surface area contributed by atoms with E-state index >= 15 is 0 Å². The summed E-state index contributed by atoms with van der Waals surface area (Å²) in [5, 5.41) is 3.35. The summed E-state index contributed by atoms with van der Waals surface area (Å²) >= 11 is 12.3. The topological polar surface area (TPSA) is 41.1 Å². The third-order valence-electron chi connectivity index (χ3n) is 1.50. The van der Waals surface area contributed by atoms with Crippen LogP contribution in [0.4, 0.5) is 11.8 Å². The zero-order chi connectivity index (χ0) is 11.4. The van der Waals surface area contributed by atoms with Crippen LogP contribution in [0.15, 0.2) is 6.07 Å². The van der Waals surface area contributed by atoms with Crippen LogP contribution >= 0.6 is 35.6 Å². The smallest absolute Gasteiger partial charge is 0.228 e. The first-order valence-electron chi connectivity index (χ1n) is 4.10. The van der Waals surface area contributed by atoms with Crippen molar-refractivity contribution in [3.63, 3.8) is 0 Å². The number of nitrogens with one attached hydrogen (secondary N) is 1. The van der Waals surface area contributed by atoms with Crippen molar-refractivity contribution in [2.75, 3.05) is 30.6 Å². The van der Waals surface area contributed by atoms with Gasteiger partial charge in [0.25, 0.3) is 0 Å². The van der Waals surface area contributed by atoms with Crippen molar-refractivity contribution in [1.29, 1.82) is 0 Å². The first kappa shape index (κ1) is 12.5. The number of thioether (sulfide) groups is 1. The SMILES string of the molecule is CSC(=S)Nc1cc(Cl)nc(N(C)C)n1. The molecule has 0 saturated heterocycles. The van der Waals surface area contributed by atoms with E-state index in [4.69, 9.17) is 23.8 Å². The Morgan fingerprint density at radius 3 is 2.73 bits per heavy atom. The minimum absolute atomic E-state index is 0.389. The molecule has 4 nitrogen and oxygen atoms in total. The summed E-state index contributed by atoms with van der Waals surface area (Å²) in [5.74, 6) is 1.16. The van der Waals surface area contributed by atoms with Crippen molar-refractivity contribution in [2.45, 2.75) is 0 Å². The van der Waals surface area contributed by atoms with E-state index in [9.17, 15) is 0 Å². The van der Waals surface area contributed by atoms with Gasteiger partial charge >= 0.3 is 0 Å². The highest BCUT2D eigenvalue weighted by Crippen LogP contribution is 2.16. The molecule has 0 saturated carbocycles. The van der Waals surface area contributed by atoms with Gasteiger partial charge in [-0.2, -0.15) is 4.98 Å². The summed E-state index contributed by atoms with van der Waals surface area (Å²) in [5.41, 5.74) is 0. The average Bonchev–Trinajstić information content (AvgIpc) is 2.16. The molecule has 0 spiro atoms. The summed E-state index contributed by atoms with van der Waals surface area (Å²) in [7, 11) is 3.70. The molecule has 1 aromatic rings. The second kappa shape index (κ2) is 5.48. The zero-order valence-corrected chi connectivity index (χ0v) is 11.0. The molecule has 0 aliphatic rings. The standard InChI is InChI=1S/C8H11ClN4S2/c1-13(2)7-10-5(9)4-6(11-7)12-8(14)15-3/h4H,1-3H3,(H,10,11,12,14). The summed E-state index contributed by atoms with van der Waals surface area (Å²) in [6.07, 6.45) is 1.89. The van der Waals surface area contributed by atoms with E-state index in [1.54, 1.807) is 11.0 Å². The predicted molar refractivity (Wildman–Crippen MR) is 71.1 cm³/mol. The molecule has 82 valence electrons. The molecule has 0 aliphatic carbocycles. The predicted octanol–water partition coefficient (Wildman–Crippen LogP) is 2.26. The Morgan fingerprint density at radius 1 is 1.53 bits per heavy atom. The molecule has 1 N–H and O–H groups in total. The Morgan fingerprint density at radius 2 is 2.20 bits per heavy atom. The van der Waals surface area contributed by atoms with Crippen molar-refractivity contribution >= 4 is 51.7 Å². The van der Waals surface area contributed by atoms with Gasteiger partial charge in [0.1, 0.15) is 15.3 Å². The number of hydrogen-bond donors (Lipinski definition) is 1. The molecule has 0 aromatic carbocycles. The average molecular weight is 263 g/mol. The van der Waals surface area contributed by atoms with Gasteiger partial charge in [0.05, 0.1) is 0 Å². The summed E-state index contributed by atoms with van der Waals surface area (Å²) in [6, 6.07) is 1.64. The van der Waals surface area contributed by atoms with E-state index in [2.05, 4.69) is 15.3 Å². The van der Waals surface area contributed by atoms with Gasteiger partial charge in [0, 0.05) is 20.2 Å². The lowest BCUT2D eigenvalue weighted by molar-refractivity contribution is 1.00. The lowest BCUT2D eigenvalue weighted by Crippen LogP contribution is -2.14. The normalized spacial score (nSPS) is 9.87. The Hall–Kier alpha value is -0.590. The maximum atomic E-state index is 5.85. The fraction of sp³-hybridized carbons (Fsp3) is 0.375. The monoisotopic (exact) mass is 262 g/mol. The number of thiocarbonyl (C=S) groups is 1. The van der Waals surface area contributed by atoms with Gasteiger partial charge in [-0.25, -0.2) is 4.98 Å². The van der Waals surface area contributed by atoms with Crippen LogP contribution in [0, 0.1) is 0 Å². The second-order valence-corrected chi connectivity index (χ2v) is 4.76. The molecule has 1 aromatic heterocycles. The van der Waals surface area contributed by atoms with E-state index < -0.39 is 0 Å². The summed E-state index contributed by atoms with van der Waals surface area (Å²) < 4.78 is 0.648. The summed E-state index contributed by atoms with van der Waals surface area (Å²) in [4.78, 5) is 10.1. The van der Waals surface area contributed by atoms with Crippen LogP contribution in [0.1, 0.15) is 0 Å². The lowest BCUT2D eigenvalue weighted by Gasteiger charge is -2.12. The van der Waals surface area contributed by atoms with Gasteiger partial charge in [0.15, 0.2) is 0 Å². The van der Waals surface area contributed by atoms with Crippen LogP contribution < -0.4 is 10.2 Å². The van der Waals surface area contributed by atoms with Crippen LogP contribution in [0.5, 0.6) is 0 Å². The Kier molecular flexibility index (Phi) is 4.56. The van der Waals surface area contributed by atoms with Crippen molar-refractivity contribution in [3.05, 3.63) is 11.2 Å². The van der Waals surface area contributed by atoms with Gasteiger partial charge in [-0.3, -0.25) is 0 Å². The van der Waals surface area contributed by atoms with E-state index in [1.807, 2.05) is 20.4 Å². The van der Waals surface area contributed by atoms with Gasteiger partial charge in [-0.15, -0.1) is 11.8 Å². The highest BCUT2D eigenvalue weighted by atomic mass is 35.5. The number of rotatable bonds is 2. The molecule has 0 radical (unpaired) electrons. The maximum Gasteiger partial charge on any atom is 0.228 e. The molecule has 0 fully saturated rings. The first-order valence-corrected chi connectivity index (χ1v) is 6.11. The van der Waals surface area contributed by atoms with Crippen molar-refractivity contribution in [2.24, 2.45) is 0 Å².